The largest absolute Gasteiger partial charge is 0.377 e. The van der Waals surface area contributed by atoms with Crippen LogP contribution in [0.3, 0.4) is 0 Å². The van der Waals surface area contributed by atoms with Gasteiger partial charge in [-0.3, -0.25) is 4.79 Å². The number of ether oxygens (including phenoxy) is 1. The Kier molecular flexibility index (Phi) is 4.37. The zero-order chi connectivity index (χ0) is 13.9. The molecule has 2 unspecified atom stereocenters. The number of Topliss-reactive ketones (excluding diaryl/α,β-unsaturated/α-hetero) is 1. The lowest BCUT2D eigenvalue weighted by atomic mass is 10.1. The van der Waals surface area contributed by atoms with Crippen molar-refractivity contribution in [3.05, 3.63) is 35.9 Å². The first-order valence-electron chi connectivity index (χ1n) is 6.38. The van der Waals surface area contributed by atoms with Crippen molar-refractivity contribution >= 4 is 15.6 Å². The molecule has 1 aliphatic heterocycles. The number of carbonyl (C=O) groups excluding carboxylic acids is 1. The van der Waals surface area contributed by atoms with Gasteiger partial charge < -0.3 is 4.74 Å². The Balaban J connectivity index is 1.98. The van der Waals surface area contributed by atoms with Gasteiger partial charge in [0.15, 0.2) is 15.6 Å². The van der Waals surface area contributed by atoms with Crippen LogP contribution in [0.2, 0.25) is 0 Å². The number of hydrogen-bond donors (Lipinski definition) is 0. The molecule has 0 spiro atoms. The summed E-state index contributed by atoms with van der Waals surface area (Å²) in [6.07, 6.45) is 0.346. The fraction of sp³-hybridized carbons (Fsp3) is 0.500. The summed E-state index contributed by atoms with van der Waals surface area (Å²) in [5.41, 5.74) is 0.846. The summed E-state index contributed by atoms with van der Waals surface area (Å²) < 4.78 is 29.5. The van der Waals surface area contributed by atoms with Crippen LogP contribution in [0.15, 0.2) is 30.3 Å². The van der Waals surface area contributed by atoms with Crippen LogP contribution in [0.5, 0.6) is 0 Å². The molecule has 104 valence electrons. The molecule has 1 aromatic carbocycles. The Morgan fingerprint density at radius 2 is 2.00 bits per heavy atom. The molecule has 0 aromatic heterocycles. The number of hydrogen-bond acceptors (Lipinski definition) is 4. The molecule has 4 nitrogen and oxygen atoms in total. The van der Waals surface area contributed by atoms with Crippen LogP contribution < -0.4 is 0 Å². The van der Waals surface area contributed by atoms with E-state index in [9.17, 15) is 13.2 Å². The fourth-order valence-electron chi connectivity index (χ4n) is 2.39. The molecule has 1 fully saturated rings. The standard InChI is InChI=1S/C14H18O4S/c1-11-14(7-8-18-11)19(16,17)10-13(15)9-12-5-3-2-4-6-12/h2-6,11,14H,7-10H2,1H3. The highest BCUT2D eigenvalue weighted by Gasteiger charge is 2.36. The first-order valence-corrected chi connectivity index (χ1v) is 8.09. The highest BCUT2D eigenvalue weighted by molar-refractivity contribution is 7.92. The van der Waals surface area contributed by atoms with Gasteiger partial charge in [0.1, 0.15) is 5.75 Å². The molecular formula is C14H18O4S. The van der Waals surface area contributed by atoms with Crippen molar-refractivity contribution in [2.24, 2.45) is 0 Å². The van der Waals surface area contributed by atoms with Crippen LogP contribution in [0, 0.1) is 0 Å². The molecule has 1 aromatic rings. The third kappa shape index (κ3) is 3.64. The molecule has 2 atom stereocenters. The lowest BCUT2D eigenvalue weighted by Gasteiger charge is -2.14. The van der Waals surface area contributed by atoms with Gasteiger partial charge in [-0.05, 0) is 18.9 Å². The second-order valence-corrected chi connectivity index (χ2v) is 7.13. The van der Waals surface area contributed by atoms with E-state index in [-0.39, 0.29) is 24.1 Å². The van der Waals surface area contributed by atoms with E-state index in [0.717, 1.165) is 5.56 Å². The zero-order valence-electron chi connectivity index (χ0n) is 10.9. The van der Waals surface area contributed by atoms with E-state index in [1.54, 1.807) is 6.92 Å². The van der Waals surface area contributed by atoms with Crippen molar-refractivity contribution in [3.63, 3.8) is 0 Å². The maximum Gasteiger partial charge on any atom is 0.162 e. The minimum Gasteiger partial charge on any atom is -0.377 e. The van der Waals surface area contributed by atoms with Gasteiger partial charge in [0, 0.05) is 13.0 Å². The lowest BCUT2D eigenvalue weighted by Crippen LogP contribution is -2.33. The predicted molar refractivity (Wildman–Crippen MR) is 72.8 cm³/mol. The van der Waals surface area contributed by atoms with Crippen LogP contribution in [0.4, 0.5) is 0 Å². The average Bonchev–Trinajstić information content (AvgIpc) is 2.76. The number of ketones is 1. The van der Waals surface area contributed by atoms with Crippen LogP contribution in [-0.4, -0.2) is 37.9 Å². The molecule has 0 amide bonds. The van der Waals surface area contributed by atoms with E-state index in [1.807, 2.05) is 30.3 Å². The molecule has 0 N–H and O–H groups in total. The SMILES string of the molecule is CC1OCCC1S(=O)(=O)CC(=O)Cc1ccccc1. The van der Waals surface area contributed by atoms with Gasteiger partial charge in [0.2, 0.25) is 0 Å². The van der Waals surface area contributed by atoms with E-state index in [0.29, 0.717) is 13.0 Å². The van der Waals surface area contributed by atoms with Crippen molar-refractivity contribution in [2.75, 3.05) is 12.4 Å². The molecule has 0 radical (unpaired) electrons. The van der Waals surface area contributed by atoms with Gasteiger partial charge in [0.25, 0.3) is 0 Å². The van der Waals surface area contributed by atoms with Crippen LogP contribution >= 0.6 is 0 Å². The molecule has 0 bridgehead atoms. The summed E-state index contributed by atoms with van der Waals surface area (Å²) in [7, 11) is -3.40. The zero-order valence-corrected chi connectivity index (χ0v) is 11.7. The molecule has 0 saturated carbocycles. The molecule has 19 heavy (non-hydrogen) atoms. The third-order valence-corrected chi connectivity index (χ3v) is 5.64. The van der Waals surface area contributed by atoms with Crippen LogP contribution in [-0.2, 0) is 25.8 Å². The van der Waals surface area contributed by atoms with Crippen molar-refractivity contribution < 1.29 is 17.9 Å². The molecule has 1 heterocycles. The molecule has 1 saturated heterocycles. The lowest BCUT2D eigenvalue weighted by molar-refractivity contribution is -0.116. The molecule has 5 heteroatoms. The summed E-state index contributed by atoms with van der Waals surface area (Å²) >= 11 is 0. The molecular weight excluding hydrogens is 264 g/mol. The van der Waals surface area contributed by atoms with E-state index >= 15 is 0 Å². The first-order chi connectivity index (χ1) is 8.99. The number of carbonyl (C=O) groups is 1. The maximum absolute atomic E-state index is 12.1. The monoisotopic (exact) mass is 282 g/mol. The van der Waals surface area contributed by atoms with Gasteiger partial charge in [0.05, 0.1) is 11.4 Å². The number of rotatable bonds is 5. The Labute approximate surface area is 113 Å². The van der Waals surface area contributed by atoms with Gasteiger partial charge >= 0.3 is 0 Å². The normalized spacial score (nSPS) is 23.4. The quantitative estimate of drug-likeness (QED) is 0.819. The summed E-state index contributed by atoms with van der Waals surface area (Å²) in [6, 6.07) is 9.19. The number of sulfone groups is 1. The Morgan fingerprint density at radius 3 is 2.58 bits per heavy atom. The van der Waals surface area contributed by atoms with Crippen LogP contribution in [0.1, 0.15) is 18.9 Å². The summed E-state index contributed by atoms with van der Waals surface area (Å²) in [5, 5.41) is -0.535. The smallest absolute Gasteiger partial charge is 0.162 e. The number of benzene rings is 1. The summed E-state index contributed by atoms with van der Waals surface area (Å²) in [6.45, 7) is 2.20. The highest BCUT2D eigenvalue weighted by atomic mass is 32.2. The topological polar surface area (TPSA) is 60.4 Å². The van der Waals surface area contributed by atoms with Crippen molar-refractivity contribution in [3.8, 4) is 0 Å². The van der Waals surface area contributed by atoms with Gasteiger partial charge in [-0.25, -0.2) is 8.42 Å². The minimum absolute atomic E-state index is 0.169. The van der Waals surface area contributed by atoms with Gasteiger partial charge in [-0.2, -0.15) is 0 Å². The van der Waals surface area contributed by atoms with E-state index < -0.39 is 15.1 Å². The second-order valence-electron chi connectivity index (χ2n) is 4.91. The minimum atomic E-state index is -3.40. The molecule has 1 aliphatic rings. The predicted octanol–water partition coefficient (Wildman–Crippen LogP) is 1.39. The average molecular weight is 282 g/mol. The Morgan fingerprint density at radius 1 is 1.32 bits per heavy atom. The molecule has 2 rings (SSSR count). The van der Waals surface area contributed by atoms with E-state index in [1.165, 1.54) is 0 Å². The Hall–Kier alpha value is -1.20. The summed E-state index contributed by atoms with van der Waals surface area (Å²) in [5.74, 6) is -0.648. The molecule has 0 aliphatic carbocycles. The van der Waals surface area contributed by atoms with Crippen molar-refractivity contribution in [2.45, 2.75) is 31.1 Å². The summed E-state index contributed by atoms with van der Waals surface area (Å²) in [4.78, 5) is 11.9. The highest BCUT2D eigenvalue weighted by Crippen LogP contribution is 2.21. The third-order valence-electron chi connectivity index (χ3n) is 3.37. The van der Waals surface area contributed by atoms with Crippen molar-refractivity contribution in [1.82, 2.24) is 0 Å². The fourth-order valence-corrected chi connectivity index (χ4v) is 4.27. The van der Waals surface area contributed by atoms with Gasteiger partial charge in [-0.15, -0.1) is 0 Å². The van der Waals surface area contributed by atoms with Crippen LogP contribution in [0.25, 0.3) is 0 Å². The maximum atomic E-state index is 12.1. The first kappa shape index (κ1) is 14.2. The van der Waals surface area contributed by atoms with E-state index in [4.69, 9.17) is 4.74 Å². The van der Waals surface area contributed by atoms with Crippen molar-refractivity contribution in [1.29, 1.82) is 0 Å². The Bertz CT molecular complexity index is 536. The second kappa shape index (κ2) is 5.84. The van der Waals surface area contributed by atoms with E-state index in [2.05, 4.69) is 0 Å². The van der Waals surface area contributed by atoms with Gasteiger partial charge in [-0.1, -0.05) is 30.3 Å².